The van der Waals surface area contributed by atoms with Crippen molar-refractivity contribution in [2.45, 2.75) is 18.9 Å². The highest BCUT2D eigenvalue weighted by molar-refractivity contribution is 6.00. The summed E-state index contributed by atoms with van der Waals surface area (Å²) in [5.41, 5.74) is 1.83. The Balaban J connectivity index is 2.17. The average Bonchev–Trinajstić information content (AvgIpc) is 2.81. The maximum absolute atomic E-state index is 12.7. The second-order valence-corrected chi connectivity index (χ2v) is 5.77. The smallest absolute Gasteiger partial charge is 0.329 e. The van der Waals surface area contributed by atoms with Crippen LogP contribution in [0.1, 0.15) is 24.4 Å². The summed E-state index contributed by atoms with van der Waals surface area (Å²) < 4.78 is 2.98. The zero-order valence-corrected chi connectivity index (χ0v) is 13.6. The Morgan fingerprint density at radius 3 is 2.83 bits per heavy atom. The van der Waals surface area contributed by atoms with Gasteiger partial charge in [0.1, 0.15) is 12.6 Å². The predicted molar refractivity (Wildman–Crippen MR) is 88.2 cm³/mol. The molecule has 1 aromatic carbocycles. The van der Waals surface area contributed by atoms with Gasteiger partial charge in [-0.1, -0.05) is 12.0 Å². The topological polar surface area (TPSA) is 89.7 Å². The second-order valence-electron chi connectivity index (χ2n) is 5.77. The Hall–Kier alpha value is -2.85. The van der Waals surface area contributed by atoms with Gasteiger partial charge in [0.2, 0.25) is 11.8 Å². The summed E-state index contributed by atoms with van der Waals surface area (Å²) in [5, 5.41) is 4.27. The van der Waals surface area contributed by atoms with E-state index < -0.39 is 11.9 Å². The van der Waals surface area contributed by atoms with Gasteiger partial charge in [-0.25, -0.2) is 4.79 Å². The Labute approximate surface area is 138 Å². The van der Waals surface area contributed by atoms with E-state index in [2.05, 4.69) is 17.2 Å². The first kappa shape index (κ1) is 16.0. The number of fused-ring (bicyclic) bond motifs is 1. The summed E-state index contributed by atoms with van der Waals surface area (Å²) in [6.07, 6.45) is 0.551. The van der Waals surface area contributed by atoms with Gasteiger partial charge in [0.15, 0.2) is 0 Å². The van der Waals surface area contributed by atoms with Crippen LogP contribution in [0, 0.1) is 11.8 Å². The standard InChI is InChI=1S/C17H18N4O3/c1-18-10-4-6-11-5-3-7-12-15(11)20(2)17(24)21(12)13-8-9-14(22)19-16(13)23/h3,5,7,13,18H,8-10H2,1-2H3,(H,19,22,23)/p+1. The van der Waals surface area contributed by atoms with Gasteiger partial charge in [-0.05, 0) is 24.5 Å². The van der Waals surface area contributed by atoms with E-state index in [0.717, 1.165) is 5.56 Å². The van der Waals surface area contributed by atoms with Gasteiger partial charge in [0.25, 0.3) is 0 Å². The molecular formula is C17H19N4O3+. The molecule has 2 amide bonds. The third kappa shape index (κ3) is 2.61. The van der Waals surface area contributed by atoms with Crippen LogP contribution in [0.5, 0.6) is 0 Å². The van der Waals surface area contributed by atoms with Gasteiger partial charge in [0.05, 0.1) is 23.6 Å². The lowest BCUT2D eigenvalue weighted by molar-refractivity contribution is -0.615. The summed E-state index contributed by atoms with van der Waals surface area (Å²) in [5.74, 6) is 5.39. The van der Waals surface area contributed by atoms with Crippen LogP contribution >= 0.6 is 0 Å². The molecule has 1 fully saturated rings. The highest BCUT2D eigenvalue weighted by atomic mass is 16.2. The molecule has 3 N–H and O–H groups in total. The number of rotatable bonds is 2. The maximum atomic E-state index is 12.7. The van der Waals surface area contributed by atoms with Crippen molar-refractivity contribution in [3.8, 4) is 11.8 Å². The number of imide groups is 1. The fourth-order valence-electron chi connectivity index (χ4n) is 3.02. The van der Waals surface area contributed by atoms with Crippen LogP contribution in [0.2, 0.25) is 0 Å². The predicted octanol–water partition coefficient (Wildman–Crippen LogP) is -1.14. The molecular weight excluding hydrogens is 308 g/mol. The third-order valence-electron chi connectivity index (χ3n) is 4.15. The lowest BCUT2D eigenvalue weighted by atomic mass is 10.1. The maximum Gasteiger partial charge on any atom is 0.329 e. The van der Waals surface area contributed by atoms with Crippen LogP contribution in [-0.4, -0.2) is 34.5 Å². The fourth-order valence-corrected chi connectivity index (χ4v) is 3.02. The summed E-state index contributed by atoms with van der Waals surface area (Å²) in [4.78, 5) is 36.2. The van der Waals surface area contributed by atoms with Gasteiger partial charge in [-0.15, -0.1) is 0 Å². The molecule has 1 unspecified atom stereocenters. The van der Waals surface area contributed by atoms with Crippen molar-refractivity contribution in [1.29, 1.82) is 0 Å². The number of nitrogens with two attached hydrogens (primary N) is 1. The van der Waals surface area contributed by atoms with E-state index in [-0.39, 0.29) is 18.0 Å². The van der Waals surface area contributed by atoms with Crippen molar-refractivity contribution in [3.05, 3.63) is 34.2 Å². The monoisotopic (exact) mass is 327 g/mol. The number of aryl methyl sites for hydroxylation is 1. The lowest BCUT2D eigenvalue weighted by Crippen LogP contribution is -2.79. The number of carbonyl (C=O) groups excluding carboxylic acids is 2. The van der Waals surface area contributed by atoms with Gasteiger partial charge in [0, 0.05) is 13.5 Å². The quantitative estimate of drug-likeness (QED) is 0.540. The van der Waals surface area contributed by atoms with Crippen LogP contribution < -0.4 is 16.3 Å². The first-order valence-corrected chi connectivity index (χ1v) is 7.85. The normalized spacial score (nSPS) is 17.5. The molecule has 0 radical (unpaired) electrons. The largest absolute Gasteiger partial charge is 0.339 e. The van der Waals surface area contributed by atoms with E-state index in [1.54, 1.807) is 13.1 Å². The minimum Gasteiger partial charge on any atom is -0.339 e. The van der Waals surface area contributed by atoms with Crippen molar-refractivity contribution in [3.63, 3.8) is 0 Å². The summed E-state index contributed by atoms with van der Waals surface area (Å²) in [6, 6.07) is 4.81. The van der Waals surface area contributed by atoms with Gasteiger partial charge < -0.3 is 5.32 Å². The highest BCUT2D eigenvalue weighted by Crippen LogP contribution is 2.24. The van der Waals surface area contributed by atoms with Gasteiger partial charge in [-0.3, -0.25) is 24.0 Å². The minimum atomic E-state index is -0.675. The van der Waals surface area contributed by atoms with Crippen molar-refractivity contribution >= 4 is 22.8 Å². The van der Waals surface area contributed by atoms with Gasteiger partial charge in [-0.2, -0.15) is 0 Å². The Morgan fingerprint density at radius 2 is 2.12 bits per heavy atom. The number of aromatic nitrogens is 2. The molecule has 2 heterocycles. The lowest BCUT2D eigenvalue weighted by Gasteiger charge is -2.21. The zero-order valence-electron chi connectivity index (χ0n) is 13.6. The molecule has 0 aliphatic carbocycles. The van der Waals surface area contributed by atoms with E-state index in [0.29, 0.717) is 24.0 Å². The number of carbonyl (C=O) groups is 2. The molecule has 3 rings (SSSR count). The highest BCUT2D eigenvalue weighted by Gasteiger charge is 2.31. The number of amides is 2. The number of quaternary nitrogens is 1. The first-order chi connectivity index (χ1) is 11.5. The Bertz CT molecular complexity index is 942. The van der Waals surface area contributed by atoms with Crippen molar-refractivity contribution in [2.24, 2.45) is 7.05 Å². The molecule has 0 saturated carbocycles. The SMILES string of the molecule is C[NH2+]CC#Cc1cccc2c1n(C)c(=O)n2C1CCC(=O)NC1=O. The number of nitrogens with one attached hydrogen (secondary N) is 1. The Morgan fingerprint density at radius 1 is 1.33 bits per heavy atom. The van der Waals surface area contributed by atoms with E-state index in [4.69, 9.17) is 0 Å². The average molecular weight is 327 g/mol. The summed E-state index contributed by atoms with van der Waals surface area (Å²) in [6.45, 7) is 0.665. The first-order valence-electron chi connectivity index (χ1n) is 7.85. The molecule has 1 saturated heterocycles. The minimum absolute atomic E-state index is 0.227. The van der Waals surface area contributed by atoms with Crippen LogP contribution in [-0.2, 0) is 16.6 Å². The molecule has 24 heavy (non-hydrogen) atoms. The van der Waals surface area contributed by atoms with Crippen molar-refractivity contribution < 1.29 is 14.9 Å². The van der Waals surface area contributed by atoms with Crippen LogP contribution in [0.15, 0.2) is 23.0 Å². The third-order valence-corrected chi connectivity index (χ3v) is 4.15. The van der Waals surface area contributed by atoms with Gasteiger partial charge >= 0.3 is 5.69 Å². The van der Waals surface area contributed by atoms with Crippen LogP contribution in [0.4, 0.5) is 0 Å². The number of nitrogens with zero attached hydrogens (tertiary/aromatic N) is 2. The number of piperidine rings is 1. The second kappa shape index (κ2) is 6.34. The number of hydrogen-bond acceptors (Lipinski definition) is 3. The van der Waals surface area contributed by atoms with E-state index >= 15 is 0 Å². The number of imidazole rings is 1. The Kier molecular flexibility index (Phi) is 4.23. The van der Waals surface area contributed by atoms with Crippen LogP contribution in [0.25, 0.3) is 11.0 Å². The molecule has 1 aromatic heterocycles. The molecule has 0 spiro atoms. The molecule has 1 aliphatic rings. The van der Waals surface area contributed by atoms with Crippen molar-refractivity contribution in [1.82, 2.24) is 14.5 Å². The molecule has 124 valence electrons. The van der Waals surface area contributed by atoms with Crippen LogP contribution in [0.3, 0.4) is 0 Å². The zero-order chi connectivity index (χ0) is 17.3. The molecule has 7 heteroatoms. The molecule has 1 aliphatic heterocycles. The summed E-state index contributed by atoms with van der Waals surface area (Å²) in [7, 11) is 3.61. The number of benzene rings is 1. The molecule has 1 atom stereocenters. The van der Waals surface area contributed by atoms with Crippen molar-refractivity contribution in [2.75, 3.05) is 13.6 Å². The van der Waals surface area contributed by atoms with E-state index in [1.807, 2.05) is 24.5 Å². The fraction of sp³-hybridized carbons (Fsp3) is 0.353. The summed E-state index contributed by atoms with van der Waals surface area (Å²) >= 11 is 0. The number of para-hydroxylation sites is 1. The number of hydrogen-bond donors (Lipinski definition) is 2. The molecule has 0 bridgehead atoms. The molecule has 7 nitrogen and oxygen atoms in total. The van der Waals surface area contributed by atoms with E-state index in [9.17, 15) is 14.4 Å². The van der Waals surface area contributed by atoms with E-state index in [1.165, 1.54) is 9.13 Å². The molecule has 2 aromatic rings.